The Balaban J connectivity index is 1.70. The van der Waals surface area contributed by atoms with E-state index < -0.39 is 0 Å². The van der Waals surface area contributed by atoms with Gasteiger partial charge in [0.05, 0.1) is 0 Å². The highest BCUT2D eigenvalue weighted by atomic mass is 16.5. The van der Waals surface area contributed by atoms with Crippen LogP contribution in [-0.2, 0) is 11.3 Å². The van der Waals surface area contributed by atoms with Gasteiger partial charge in [0.1, 0.15) is 12.4 Å². The van der Waals surface area contributed by atoms with Gasteiger partial charge in [0.2, 0.25) is 0 Å². The second-order valence-electron chi connectivity index (χ2n) is 5.07. The normalized spacial score (nSPS) is 10.5. The van der Waals surface area contributed by atoms with Crippen molar-refractivity contribution in [3.8, 4) is 0 Å². The van der Waals surface area contributed by atoms with Crippen molar-refractivity contribution in [3.05, 3.63) is 54.0 Å². The maximum absolute atomic E-state index is 11.9. The fourth-order valence-electron chi connectivity index (χ4n) is 2.14. The number of para-hydroxylation sites is 1. The highest BCUT2D eigenvalue weighted by molar-refractivity contribution is 5.91. The third-order valence-electron chi connectivity index (χ3n) is 3.32. The fraction of sp³-hybridized carbons (Fsp3) is 0.353. The summed E-state index contributed by atoms with van der Waals surface area (Å²) in [5, 5.41) is 2.86. The van der Waals surface area contributed by atoms with Crippen molar-refractivity contribution in [2.24, 2.45) is 0 Å². The summed E-state index contributed by atoms with van der Waals surface area (Å²) >= 11 is 0. The Morgan fingerprint density at radius 3 is 2.73 bits per heavy atom. The predicted molar refractivity (Wildman–Crippen MR) is 86.1 cm³/mol. The molecule has 1 amide bonds. The zero-order chi connectivity index (χ0) is 15.8. The van der Waals surface area contributed by atoms with Crippen molar-refractivity contribution < 1.29 is 13.9 Å². The molecule has 0 saturated heterocycles. The van der Waals surface area contributed by atoms with E-state index in [4.69, 9.17) is 9.15 Å². The monoisotopic (exact) mass is 302 g/mol. The predicted octanol–water partition coefficient (Wildman–Crippen LogP) is 2.68. The zero-order valence-electron chi connectivity index (χ0n) is 13.0. The average molecular weight is 302 g/mol. The molecule has 1 heterocycles. The zero-order valence-corrected chi connectivity index (χ0v) is 13.0. The molecule has 1 aromatic carbocycles. The lowest BCUT2D eigenvalue weighted by Gasteiger charge is -2.19. The Bertz CT molecular complexity index is 581. The number of nitrogens with zero attached hydrogens (tertiary/aromatic N) is 1. The number of carbonyl (C=O) groups excluding carboxylic acids is 1. The first-order valence-electron chi connectivity index (χ1n) is 7.32. The number of ether oxygens (including phenoxy) is 1. The van der Waals surface area contributed by atoms with Crippen LogP contribution in [-0.4, -0.2) is 33.2 Å². The van der Waals surface area contributed by atoms with Gasteiger partial charge in [0.15, 0.2) is 5.76 Å². The molecule has 0 aliphatic heterocycles. The molecule has 0 unspecified atom stereocenters. The van der Waals surface area contributed by atoms with E-state index in [1.54, 1.807) is 19.2 Å². The molecule has 0 spiro atoms. The van der Waals surface area contributed by atoms with E-state index >= 15 is 0 Å². The molecule has 0 bridgehead atoms. The third kappa shape index (κ3) is 4.63. The minimum Gasteiger partial charge on any atom is -0.453 e. The molecule has 1 N–H and O–H groups in total. The van der Waals surface area contributed by atoms with E-state index in [1.165, 1.54) is 5.69 Å². The number of amides is 1. The summed E-state index contributed by atoms with van der Waals surface area (Å²) in [5.41, 5.74) is 1.17. The van der Waals surface area contributed by atoms with Crippen LogP contribution in [0.2, 0.25) is 0 Å². The average Bonchev–Trinajstić information content (AvgIpc) is 3.01. The van der Waals surface area contributed by atoms with Crippen molar-refractivity contribution in [2.75, 3.05) is 32.1 Å². The first kappa shape index (κ1) is 16.1. The molecule has 2 rings (SSSR count). The third-order valence-corrected chi connectivity index (χ3v) is 3.32. The summed E-state index contributed by atoms with van der Waals surface area (Å²) in [6.45, 7) is 1.85. The van der Waals surface area contributed by atoms with Crippen LogP contribution < -0.4 is 10.2 Å². The Kier molecular flexibility index (Phi) is 6.03. The van der Waals surface area contributed by atoms with Crippen molar-refractivity contribution in [2.45, 2.75) is 13.0 Å². The molecule has 0 saturated carbocycles. The van der Waals surface area contributed by atoms with Gasteiger partial charge >= 0.3 is 0 Å². The summed E-state index contributed by atoms with van der Waals surface area (Å²) in [5.74, 6) is 0.782. The Hall–Kier alpha value is -2.27. The maximum Gasteiger partial charge on any atom is 0.286 e. The second kappa shape index (κ2) is 8.24. The van der Waals surface area contributed by atoms with Crippen LogP contribution in [0, 0.1) is 0 Å². The number of anilines is 1. The number of rotatable bonds is 8. The molecule has 0 aliphatic carbocycles. The standard InChI is InChI=1S/C17H22N2O3/c1-19(14-7-4-3-5-8-14)12-6-11-18-17(20)16-10-9-15(22-16)13-21-2/h3-5,7-10H,6,11-13H2,1-2H3,(H,18,20). The van der Waals surface area contributed by atoms with Crippen molar-refractivity contribution in [3.63, 3.8) is 0 Å². The molecular weight excluding hydrogens is 280 g/mol. The number of hydrogen-bond donors (Lipinski definition) is 1. The molecule has 118 valence electrons. The molecule has 0 fully saturated rings. The number of furan rings is 1. The second-order valence-corrected chi connectivity index (χ2v) is 5.07. The topological polar surface area (TPSA) is 54.7 Å². The van der Waals surface area contributed by atoms with Crippen LogP contribution in [0.4, 0.5) is 5.69 Å². The molecule has 0 aliphatic rings. The van der Waals surface area contributed by atoms with Crippen molar-refractivity contribution in [1.29, 1.82) is 0 Å². The molecule has 2 aromatic rings. The van der Waals surface area contributed by atoms with Crippen LogP contribution in [0.3, 0.4) is 0 Å². The van der Waals surface area contributed by atoms with Gasteiger partial charge in [-0.2, -0.15) is 0 Å². The van der Waals surface area contributed by atoms with E-state index in [9.17, 15) is 4.79 Å². The SMILES string of the molecule is COCc1ccc(C(=O)NCCCN(C)c2ccccc2)o1. The number of hydrogen-bond acceptors (Lipinski definition) is 4. The minimum atomic E-state index is -0.190. The van der Waals surface area contributed by atoms with E-state index in [1.807, 2.05) is 25.2 Å². The Morgan fingerprint density at radius 2 is 2.00 bits per heavy atom. The quantitative estimate of drug-likeness (QED) is 0.762. The highest BCUT2D eigenvalue weighted by Crippen LogP contribution is 2.11. The van der Waals surface area contributed by atoms with Gasteiger partial charge in [0.25, 0.3) is 5.91 Å². The lowest BCUT2D eigenvalue weighted by Crippen LogP contribution is -2.27. The molecule has 22 heavy (non-hydrogen) atoms. The Labute approximate surface area is 130 Å². The molecule has 1 aromatic heterocycles. The van der Waals surface area contributed by atoms with Crippen LogP contribution >= 0.6 is 0 Å². The summed E-state index contributed by atoms with van der Waals surface area (Å²) in [4.78, 5) is 14.1. The highest BCUT2D eigenvalue weighted by Gasteiger charge is 2.10. The van der Waals surface area contributed by atoms with Gasteiger partial charge < -0.3 is 19.4 Å². The molecule has 0 radical (unpaired) electrons. The van der Waals surface area contributed by atoms with Crippen LogP contribution in [0.1, 0.15) is 22.7 Å². The largest absolute Gasteiger partial charge is 0.453 e. The lowest BCUT2D eigenvalue weighted by molar-refractivity contribution is 0.0917. The lowest BCUT2D eigenvalue weighted by atomic mass is 10.3. The Morgan fingerprint density at radius 1 is 1.23 bits per heavy atom. The van der Waals surface area contributed by atoms with Crippen molar-refractivity contribution >= 4 is 11.6 Å². The number of carbonyl (C=O) groups is 1. The van der Waals surface area contributed by atoms with Gasteiger partial charge in [-0.1, -0.05) is 18.2 Å². The maximum atomic E-state index is 11.9. The van der Waals surface area contributed by atoms with Crippen LogP contribution in [0.5, 0.6) is 0 Å². The molecular formula is C17H22N2O3. The van der Waals surface area contributed by atoms with Crippen LogP contribution in [0.25, 0.3) is 0 Å². The van der Waals surface area contributed by atoms with Gasteiger partial charge in [0, 0.05) is 32.9 Å². The minimum absolute atomic E-state index is 0.190. The van der Waals surface area contributed by atoms with E-state index in [0.29, 0.717) is 24.7 Å². The summed E-state index contributed by atoms with van der Waals surface area (Å²) in [6, 6.07) is 13.6. The van der Waals surface area contributed by atoms with Gasteiger partial charge in [-0.3, -0.25) is 4.79 Å². The smallest absolute Gasteiger partial charge is 0.286 e. The van der Waals surface area contributed by atoms with Crippen molar-refractivity contribution in [1.82, 2.24) is 5.32 Å². The first-order chi connectivity index (χ1) is 10.7. The molecule has 0 atom stereocenters. The summed E-state index contributed by atoms with van der Waals surface area (Å²) in [7, 11) is 3.63. The van der Waals surface area contributed by atoms with Crippen LogP contribution in [0.15, 0.2) is 46.9 Å². The van der Waals surface area contributed by atoms with E-state index in [0.717, 1.165) is 13.0 Å². The van der Waals surface area contributed by atoms with Gasteiger partial charge in [-0.15, -0.1) is 0 Å². The summed E-state index contributed by atoms with van der Waals surface area (Å²) < 4.78 is 10.3. The summed E-state index contributed by atoms with van der Waals surface area (Å²) in [6.07, 6.45) is 0.864. The fourth-order valence-corrected chi connectivity index (χ4v) is 2.14. The van der Waals surface area contributed by atoms with E-state index in [-0.39, 0.29) is 5.91 Å². The molecule has 5 heteroatoms. The van der Waals surface area contributed by atoms with E-state index in [2.05, 4.69) is 22.3 Å². The van der Waals surface area contributed by atoms with Gasteiger partial charge in [-0.25, -0.2) is 0 Å². The molecule has 5 nitrogen and oxygen atoms in total. The number of nitrogens with one attached hydrogen (secondary N) is 1. The van der Waals surface area contributed by atoms with Gasteiger partial charge in [-0.05, 0) is 30.7 Å². The number of benzene rings is 1. The number of methoxy groups -OCH3 is 1. The first-order valence-corrected chi connectivity index (χ1v) is 7.32.